The molecule has 0 spiro atoms. The molecule has 0 aliphatic carbocycles. The summed E-state index contributed by atoms with van der Waals surface area (Å²) in [5.74, 6) is 0.217. The Morgan fingerprint density at radius 1 is 1.67 bits per heavy atom. The molecule has 66 valence electrons. The summed E-state index contributed by atoms with van der Waals surface area (Å²) < 4.78 is 10.1. The molecule has 2 heterocycles. The Morgan fingerprint density at radius 2 is 2.50 bits per heavy atom. The van der Waals surface area contributed by atoms with Gasteiger partial charge in [-0.15, -0.1) is 5.10 Å². The van der Waals surface area contributed by atoms with E-state index in [1.54, 1.807) is 0 Å². The maximum Gasteiger partial charge on any atom is 0.434 e. The Morgan fingerprint density at radius 3 is 3.00 bits per heavy atom. The van der Waals surface area contributed by atoms with Gasteiger partial charge >= 0.3 is 5.76 Å². The third kappa shape index (κ3) is 1.16. The standard InChI is InChI=1S/C7H10N2O3/c1-4-2-3-11-5(4)6-8-9-7(10)12-6/h4-5H,2-3H2,1H3,(H,9,10). The largest absolute Gasteiger partial charge is 0.434 e. The molecule has 1 aromatic heterocycles. The SMILES string of the molecule is CC1CCOC1c1n[nH]c(=O)o1. The fraction of sp³-hybridized carbons (Fsp3) is 0.714. The van der Waals surface area contributed by atoms with Crippen LogP contribution in [0.3, 0.4) is 0 Å². The van der Waals surface area contributed by atoms with Gasteiger partial charge in [0.25, 0.3) is 0 Å². The second kappa shape index (κ2) is 2.75. The first kappa shape index (κ1) is 7.54. The molecule has 12 heavy (non-hydrogen) atoms. The van der Waals surface area contributed by atoms with Crippen LogP contribution < -0.4 is 5.76 Å². The quantitative estimate of drug-likeness (QED) is 0.664. The maximum atomic E-state index is 10.6. The predicted molar refractivity (Wildman–Crippen MR) is 39.6 cm³/mol. The van der Waals surface area contributed by atoms with Gasteiger partial charge in [-0.1, -0.05) is 6.92 Å². The lowest BCUT2D eigenvalue weighted by molar-refractivity contribution is 0.0704. The number of hydrogen-bond donors (Lipinski definition) is 1. The van der Waals surface area contributed by atoms with Crippen molar-refractivity contribution in [2.45, 2.75) is 19.4 Å². The van der Waals surface area contributed by atoms with Crippen molar-refractivity contribution in [3.8, 4) is 0 Å². The topological polar surface area (TPSA) is 68.1 Å². The zero-order chi connectivity index (χ0) is 8.55. The maximum absolute atomic E-state index is 10.6. The number of aromatic nitrogens is 2. The van der Waals surface area contributed by atoms with Gasteiger partial charge in [0.2, 0.25) is 5.89 Å². The summed E-state index contributed by atoms with van der Waals surface area (Å²) in [5.41, 5.74) is 0. The zero-order valence-electron chi connectivity index (χ0n) is 6.74. The summed E-state index contributed by atoms with van der Waals surface area (Å²) in [5, 5.41) is 5.93. The van der Waals surface area contributed by atoms with E-state index in [1.807, 2.05) is 6.92 Å². The third-order valence-corrected chi connectivity index (χ3v) is 2.09. The normalized spacial score (nSPS) is 29.4. The van der Waals surface area contributed by atoms with E-state index in [-0.39, 0.29) is 6.10 Å². The van der Waals surface area contributed by atoms with Crippen LogP contribution >= 0.6 is 0 Å². The van der Waals surface area contributed by atoms with Crippen LogP contribution in [0.2, 0.25) is 0 Å². The van der Waals surface area contributed by atoms with Gasteiger partial charge in [0.1, 0.15) is 6.10 Å². The van der Waals surface area contributed by atoms with Crippen molar-refractivity contribution in [3.63, 3.8) is 0 Å². The molecular weight excluding hydrogens is 160 g/mol. The fourth-order valence-corrected chi connectivity index (χ4v) is 1.37. The van der Waals surface area contributed by atoms with Crippen molar-refractivity contribution in [1.29, 1.82) is 0 Å². The number of aromatic amines is 1. The molecule has 1 saturated heterocycles. The van der Waals surface area contributed by atoms with E-state index in [9.17, 15) is 4.79 Å². The number of ether oxygens (including phenoxy) is 1. The molecule has 1 N–H and O–H groups in total. The molecule has 5 heteroatoms. The van der Waals surface area contributed by atoms with Crippen molar-refractivity contribution < 1.29 is 9.15 Å². The third-order valence-electron chi connectivity index (χ3n) is 2.09. The van der Waals surface area contributed by atoms with E-state index in [1.165, 1.54) is 0 Å². The Bertz CT molecular complexity index is 316. The van der Waals surface area contributed by atoms with Gasteiger partial charge in [0.15, 0.2) is 0 Å². The summed E-state index contributed by atoms with van der Waals surface area (Å²) in [6, 6.07) is 0. The van der Waals surface area contributed by atoms with E-state index in [0.717, 1.165) is 6.42 Å². The molecule has 0 aromatic carbocycles. The number of nitrogens with zero attached hydrogens (tertiary/aromatic N) is 1. The van der Waals surface area contributed by atoms with Crippen molar-refractivity contribution in [2.75, 3.05) is 6.61 Å². The first-order chi connectivity index (χ1) is 5.77. The lowest BCUT2D eigenvalue weighted by Crippen LogP contribution is -2.04. The lowest BCUT2D eigenvalue weighted by Gasteiger charge is -2.07. The van der Waals surface area contributed by atoms with Crippen molar-refractivity contribution in [3.05, 3.63) is 16.4 Å². The summed E-state index contributed by atoms with van der Waals surface area (Å²) in [7, 11) is 0. The highest BCUT2D eigenvalue weighted by atomic mass is 16.5. The highest BCUT2D eigenvalue weighted by Gasteiger charge is 2.29. The molecule has 1 fully saturated rings. The molecule has 5 nitrogen and oxygen atoms in total. The smallest absolute Gasteiger partial charge is 0.390 e. The molecule has 1 aliphatic heterocycles. The van der Waals surface area contributed by atoms with Crippen LogP contribution in [0.5, 0.6) is 0 Å². The van der Waals surface area contributed by atoms with Gasteiger partial charge in [0.05, 0.1) is 0 Å². The van der Waals surface area contributed by atoms with Crippen LogP contribution in [0.4, 0.5) is 0 Å². The second-order valence-corrected chi connectivity index (χ2v) is 3.01. The fourth-order valence-electron chi connectivity index (χ4n) is 1.37. The minimum Gasteiger partial charge on any atom is -0.390 e. The Labute approximate surface area is 68.7 Å². The van der Waals surface area contributed by atoms with Gasteiger partial charge < -0.3 is 9.15 Å². The molecule has 0 radical (unpaired) electrons. The molecule has 0 saturated carbocycles. The first-order valence-electron chi connectivity index (χ1n) is 3.94. The van der Waals surface area contributed by atoms with E-state index < -0.39 is 5.76 Å². The van der Waals surface area contributed by atoms with Gasteiger partial charge in [-0.3, -0.25) is 0 Å². The molecule has 0 amide bonds. The van der Waals surface area contributed by atoms with Gasteiger partial charge in [-0.2, -0.15) is 0 Å². The Balaban J connectivity index is 2.24. The van der Waals surface area contributed by atoms with Crippen LogP contribution in [0.1, 0.15) is 25.3 Å². The number of rotatable bonds is 1. The number of H-pyrrole nitrogens is 1. The van der Waals surface area contributed by atoms with Gasteiger partial charge in [0, 0.05) is 6.61 Å². The Kier molecular flexibility index (Phi) is 1.73. The number of nitrogens with one attached hydrogen (secondary N) is 1. The van der Waals surface area contributed by atoms with Crippen molar-refractivity contribution in [1.82, 2.24) is 10.2 Å². The van der Waals surface area contributed by atoms with Gasteiger partial charge in [-0.05, 0) is 12.3 Å². The first-order valence-corrected chi connectivity index (χ1v) is 3.94. The van der Waals surface area contributed by atoms with E-state index in [4.69, 9.17) is 9.15 Å². The minimum atomic E-state index is -0.521. The van der Waals surface area contributed by atoms with Crippen molar-refractivity contribution >= 4 is 0 Å². The predicted octanol–water partition coefficient (Wildman–Crippen LogP) is 0.460. The van der Waals surface area contributed by atoms with Crippen LogP contribution in [0.25, 0.3) is 0 Å². The van der Waals surface area contributed by atoms with Crippen LogP contribution in [-0.4, -0.2) is 16.8 Å². The van der Waals surface area contributed by atoms with Crippen LogP contribution in [-0.2, 0) is 4.74 Å². The molecule has 2 atom stereocenters. The lowest BCUT2D eigenvalue weighted by atomic mass is 10.0. The molecule has 2 unspecified atom stereocenters. The van der Waals surface area contributed by atoms with Gasteiger partial charge in [-0.25, -0.2) is 9.89 Å². The van der Waals surface area contributed by atoms with Crippen LogP contribution in [0.15, 0.2) is 9.21 Å². The molecule has 0 bridgehead atoms. The molecule has 2 rings (SSSR count). The van der Waals surface area contributed by atoms with E-state index in [2.05, 4.69) is 10.2 Å². The van der Waals surface area contributed by atoms with E-state index >= 15 is 0 Å². The summed E-state index contributed by atoms with van der Waals surface area (Å²) >= 11 is 0. The van der Waals surface area contributed by atoms with E-state index in [0.29, 0.717) is 18.4 Å². The average Bonchev–Trinajstić information content (AvgIpc) is 2.58. The Hall–Kier alpha value is -1.10. The van der Waals surface area contributed by atoms with Crippen molar-refractivity contribution in [2.24, 2.45) is 5.92 Å². The minimum absolute atomic E-state index is 0.149. The highest BCUT2D eigenvalue weighted by molar-refractivity contribution is 4.88. The monoisotopic (exact) mass is 170 g/mol. The summed E-state index contributed by atoms with van der Waals surface area (Å²) in [6.45, 7) is 2.76. The molecule has 1 aliphatic rings. The number of hydrogen-bond acceptors (Lipinski definition) is 4. The average molecular weight is 170 g/mol. The van der Waals surface area contributed by atoms with Crippen LogP contribution in [0, 0.1) is 5.92 Å². The zero-order valence-corrected chi connectivity index (χ0v) is 6.74. The second-order valence-electron chi connectivity index (χ2n) is 3.01. The molecular formula is C7H10N2O3. The highest BCUT2D eigenvalue weighted by Crippen LogP contribution is 2.31. The summed E-state index contributed by atoms with van der Waals surface area (Å²) in [6.07, 6.45) is 0.838. The summed E-state index contributed by atoms with van der Waals surface area (Å²) in [4.78, 5) is 10.6. The molecule has 1 aromatic rings.